The van der Waals surface area contributed by atoms with E-state index in [1.54, 1.807) is 4.90 Å². The molecule has 0 aliphatic carbocycles. The van der Waals surface area contributed by atoms with E-state index in [2.05, 4.69) is 20.4 Å². The minimum atomic E-state index is -0.125. The molecule has 0 unspecified atom stereocenters. The molecule has 2 aromatic carbocycles. The number of piperazine rings is 1. The van der Waals surface area contributed by atoms with Crippen molar-refractivity contribution >= 4 is 40.7 Å². The molecular weight excluding hydrogens is 421 g/mol. The van der Waals surface area contributed by atoms with Crippen LogP contribution < -0.4 is 10.2 Å². The Kier molecular flexibility index (Phi) is 6.06. The summed E-state index contributed by atoms with van der Waals surface area (Å²) < 4.78 is 0. The third-order valence-electron chi connectivity index (χ3n) is 5.20. The van der Waals surface area contributed by atoms with Gasteiger partial charge in [0.25, 0.3) is 0 Å². The number of hydrogen-bond donors (Lipinski definition) is 1. The molecule has 1 aliphatic rings. The second-order valence-electron chi connectivity index (χ2n) is 7.07. The average molecular weight is 442 g/mol. The lowest BCUT2D eigenvalue weighted by molar-refractivity contribution is 0.208. The lowest BCUT2D eigenvalue weighted by Crippen LogP contribution is -2.50. The predicted molar refractivity (Wildman–Crippen MR) is 121 cm³/mol. The summed E-state index contributed by atoms with van der Waals surface area (Å²) in [7, 11) is 0. The summed E-state index contributed by atoms with van der Waals surface area (Å²) in [6, 6.07) is 16.8. The van der Waals surface area contributed by atoms with E-state index in [1.165, 1.54) is 0 Å². The van der Waals surface area contributed by atoms with Gasteiger partial charge < -0.3 is 15.1 Å². The molecule has 1 saturated heterocycles. The van der Waals surface area contributed by atoms with Crippen molar-refractivity contribution in [3.05, 3.63) is 70.2 Å². The smallest absolute Gasteiger partial charge is 0.321 e. The predicted octanol–water partition coefficient (Wildman–Crippen LogP) is 5.11. The molecule has 8 heteroatoms. The Balaban J connectivity index is 1.37. The second kappa shape index (κ2) is 8.90. The van der Waals surface area contributed by atoms with Crippen LogP contribution in [0.1, 0.15) is 5.56 Å². The van der Waals surface area contributed by atoms with Crippen molar-refractivity contribution in [1.82, 2.24) is 15.1 Å². The van der Waals surface area contributed by atoms with Crippen molar-refractivity contribution in [2.24, 2.45) is 0 Å². The van der Waals surface area contributed by atoms with Crippen molar-refractivity contribution < 1.29 is 4.79 Å². The van der Waals surface area contributed by atoms with Crippen LogP contribution >= 0.6 is 23.2 Å². The molecule has 1 aromatic heterocycles. The third kappa shape index (κ3) is 4.35. The highest BCUT2D eigenvalue weighted by atomic mass is 35.5. The average Bonchev–Trinajstić information content (AvgIpc) is 2.77. The van der Waals surface area contributed by atoms with E-state index in [0.29, 0.717) is 36.2 Å². The fourth-order valence-corrected chi connectivity index (χ4v) is 3.79. The molecule has 2 amide bonds. The molecule has 0 radical (unpaired) electrons. The normalized spacial score (nSPS) is 14.0. The van der Waals surface area contributed by atoms with Gasteiger partial charge in [0.1, 0.15) is 0 Å². The van der Waals surface area contributed by atoms with Gasteiger partial charge in [0.2, 0.25) is 0 Å². The number of urea groups is 1. The summed E-state index contributed by atoms with van der Waals surface area (Å²) >= 11 is 12.4. The molecule has 30 heavy (non-hydrogen) atoms. The molecule has 4 rings (SSSR count). The topological polar surface area (TPSA) is 61.4 Å². The molecule has 0 spiro atoms. The number of aromatic nitrogens is 2. The number of nitrogens with one attached hydrogen (secondary N) is 1. The number of halogens is 2. The number of anilines is 2. The zero-order chi connectivity index (χ0) is 21.1. The zero-order valence-corrected chi connectivity index (χ0v) is 18.0. The van der Waals surface area contributed by atoms with Crippen LogP contribution in [0.2, 0.25) is 10.0 Å². The minimum absolute atomic E-state index is 0.125. The van der Waals surface area contributed by atoms with Crippen LogP contribution in [0.3, 0.4) is 0 Å². The first-order chi connectivity index (χ1) is 14.5. The Morgan fingerprint density at radius 1 is 0.900 bits per heavy atom. The third-order valence-corrected chi connectivity index (χ3v) is 5.94. The number of nitrogens with zero attached hydrogens (tertiary/aromatic N) is 4. The fourth-order valence-electron chi connectivity index (χ4n) is 3.38. The summed E-state index contributed by atoms with van der Waals surface area (Å²) in [4.78, 5) is 16.5. The molecule has 6 nitrogen and oxygen atoms in total. The van der Waals surface area contributed by atoms with Gasteiger partial charge in [-0.15, -0.1) is 10.2 Å². The molecule has 1 aliphatic heterocycles. The van der Waals surface area contributed by atoms with E-state index < -0.39 is 0 Å². The molecule has 2 heterocycles. The van der Waals surface area contributed by atoms with Crippen molar-refractivity contribution in [1.29, 1.82) is 0 Å². The maximum Gasteiger partial charge on any atom is 0.321 e. The minimum Gasteiger partial charge on any atom is -0.352 e. The highest BCUT2D eigenvalue weighted by Crippen LogP contribution is 2.27. The van der Waals surface area contributed by atoms with Crippen LogP contribution in [0, 0.1) is 6.92 Å². The van der Waals surface area contributed by atoms with Gasteiger partial charge in [-0.25, -0.2) is 4.79 Å². The lowest BCUT2D eigenvalue weighted by Gasteiger charge is -2.35. The summed E-state index contributed by atoms with van der Waals surface area (Å²) in [5.74, 6) is 0.788. The molecule has 0 atom stereocenters. The quantitative estimate of drug-likeness (QED) is 0.612. The van der Waals surface area contributed by atoms with Crippen LogP contribution in [-0.4, -0.2) is 47.3 Å². The van der Waals surface area contributed by atoms with Crippen molar-refractivity contribution in [3.8, 4) is 11.3 Å². The Morgan fingerprint density at radius 2 is 1.63 bits per heavy atom. The van der Waals surface area contributed by atoms with Crippen LogP contribution in [0.5, 0.6) is 0 Å². The van der Waals surface area contributed by atoms with E-state index in [4.69, 9.17) is 23.2 Å². The number of hydrogen-bond acceptors (Lipinski definition) is 4. The fraction of sp³-hybridized carbons (Fsp3) is 0.227. The van der Waals surface area contributed by atoms with Crippen LogP contribution in [0.15, 0.2) is 54.6 Å². The van der Waals surface area contributed by atoms with Crippen molar-refractivity contribution in [2.45, 2.75) is 6.92 Å². The maximum atomic E-state index is 12.6. The van der Waals surface area contributed by atoms with E-state index in [-0.39, 0.29) is 6.03 Å². The number of carbonyl (C=O) groups is 1. The van der Waals surface area contributed by atoms with Crippen LogP contribution in [0.4, 0.5) is 16.3 Å². The lowest BCUT2D eigenvalue weighted by atomic mass is 10.1. The maximum absolute atomic E-state index is 12.6. The summed E-state index contributed by atoms with van der Waals surface area (Å²) in [5, 5.41) is 12.9. The number of amides is 2. The SMILES string of the molecule is Cc1c(Cl)cccc1NC(=O)N1CCN(c2ccc(-c3ccccc3Cl)nn2)CC1. The Bertz CT molecular complexity index is 1050. The van der Waals surface area contributed by atoms with Crippen molar-refractivity contribution in [3.63, 3.8) is 0 Å². The van der Waals surface area contributed by atoms with Gasteiger partial charge in [-0.3, -0.25) is 0 Å². The highest BCUT2D eigenvalue weighted by molar-refractivity contribution is 6.33. The molecule has 1 fully saturated rings. The molecule has 1 N–H and O–H groups in total. The molecule has 3 aromatic rings. The second-order valence-corrected chi connectivity index (χ2v) is 7.89. The Hall–Kier alpha value is -2.83. The van der Waals surface area contributed by atoms with Gasteiger partial charge in [0.15, 0.2) is 5.82 Å². The standard InChI is InChI=1S/C22H21Cl2N5O/c1-15-17(23)7-4-8-19(15)25-22(30)29-13-11-28(12-14-29)21-10-9-20(26-27-21)16-5-2-3-6-18(16)24/h2-10H,11-14H2,1H3,(H,25,30). The number of rotatable bonds is 3. The first kappa shape index (κ1) is 20.4. The van der Waals surface area contributed by atoms with Crippen LogP contribution in [0.25, 0.3) is 11.3 Å². The van der Waals surface area contributed by atoms with Gasteiger partial charge >= 0.3 is 6.03 Å². The van der Waals surface area contributed by atoms with Gasteiger partial charge in [0, 0.05) is 42.5 Å². The molecule has 0 bridgehead atoms. The first-order valence-corrected chi connectivity index (χ1v) is 10.4. The van der Waals surface area contributed by atoms with Gasteiger partial charge in [0.05, 0.1) is 10.7 Å². The Morgan fingerprint density at radius 3 is 2.33 bits per heavy atom. The van der Waals surface area contributed by atoms with Gasteiger partial charge in [-0.1, -0.05) is 47.5 Å². The highest BCUT2D eigenvalue weighted by Gasteiger charge is 2.23. The Labute approximate surface area is 185 Å². The summed E-state index contributed by atoms with van der Waals surface area (Å²) in [6.07, 6.45) is 0. The number of carbonyl (C=O) groups excluding carboxylic acids is 1. The summed E-state index contributed by atoms with van der Waals surface area (Å²) in [5.41, 5.74) is 3.19. The first-order valence-electron chi connectivity index (χ1n) is 9.67. The molecular formula is C22H21Cl2N5O. The van der Waals surface area contributed by atoms with Gasteiger partial charge in [-0.05, 0) is 42.8 Å². The monoisotopic (exact) mass is 441 g/mol. The number of benzene rings is 2. The van der Waals surface area contributed by atoms with E-state index in [1.807, 2.05) is 61.5 Å². The molecule has 154 valence electrons. The van der Waals surface area contributed by atoms with Crippen LogP contribution in [-0.2, 0) is 0 Å². The van der Waals surface area contributed by atoms with E-state index in [0.717, 1.165) is 28.3 Å². The zero-order valence-electron chi connectivity index (χ0n) is 16.5. The van der Waals surface area contributed by atoms with Gasteiger partial charge in [-0.2, -0.15) is 0 Å². The molecule has 0 saturated carbocycles. The summed E-state index contributed by atoms with van der Waals surface area (Å²) in [6.45, 7) is 4.45. The van der Waals surface area contributed by atoms with E-state index in [9.17, 15) is 4.79 Å². The van der Waals surface area contributed by atoms with Crippen molar-refractivity contribution in [2.75, 3.05) is 36.4 Å². The largest absolute Gasteiger partial charge is 0.352 e. The van der Waals surface area contributed by atoms with E-state index >= 15 is 0 Å².